The number of nitrogens with zero attached hydrogens (tertiary/aromatic N) is 2. The predicted molar refractivity (Wildman–Crippen MR) is 114 cm³/mol. The lowest BCUT2D eigenvalue weighted by atomic mass is 10.0. The van der Waals surface area contributed by atoms with Gasteiger partial charge in [-0.2, -0.15) is 8.42 Å². The first-order valence-corrected chi connectivity index (χ1v) is 11.0. The molecule has 1 aliphatic rings. The molecule has 12 heteroatoms. The van der Waals surface area contributed by atoms with Crippen LogP contribution in [0.5, 0.6) is 11.5 Å². The Morgan fingerprint density at radius 3 is 2.66 bits per heavy atom. The zero-order chi connectivity index (χ0) is 23.6. The summed E-state index contributed by atoms with van der Waals surface area (Å²) in [4.78, 5) is 26.9. The molecule has 0 bridgehead atoms. The number of rotatable bonds is 6. The first kappa shape index (κ1) is 23.3. The van der Waals surface area contributed by atoms with Gasteiger partial charge in [-0.1, -0.05) is 12.1 Å². The molecule has 0 aromatic heterocycles. The van der Waals surface area contributed by atoms with Crippen LogP contribution in [0, 0.1) is 5.82 Å². The van der Waals surface area contributed by atoms with Crippen molar-refractivity contribution in [2.24, 2.45) is 0 Å². The summed E-state index contributed by atoms with van der Waals surface area (Å²) in [5.74, 6) is -0.353. The van der Waals surface area contributed by atoms with Crippen LogP contribution < -0.4 is 18.9 Å². The van der Waals surface area contributed by atoms with E-state index in [0.717, 1.165) is 0 Å². The maximum Gasteiger partial charge on any atom is 0.416 e. The molecular formula is C20H23FN4O6S. The van der Waals surface area contributed by atoms with E-state index < -0.39 is 34.3 Å². The topological polar surface area (TPSA) is 117 Å². The Bertz CT molecular complexity index is 1150. The first-order valence-electron chi connectivity index (χ1n) is 9.52. The fourth-order valence-corrected chi connectivity index (χ4v) is 3.58. The minimum Gasteiger partial charge on any atom is -0.410 e. The number of ether oxygens (including phenoxy) is 2. The molecular weight excluding hydrogens is 443 g/mol. The Morgan fingerprint density at radius 2 is 2.00 bits per heavy atom. The molecule has 32 heavy (non-hydrogen) atoms. The van der Waals surface area contributed by atoms with Gasteiger partial charge in [0.15, 0.2) is 5.82 Å². The minimum atomic E-state index is -3.92. The van der Waals surface area contributed by atoms with Gasteiger partial charge < -0.3 is 14.4 Å². The van der Waals surface area contributed by atoms with Crippen LogP contribution in [0.3, 0.4) is 0 Å². The molecule has 0 fully saturated rings. The third kappa shape index (κ3) is 4.92. The van der Waals surface area contributed by atoms with Crippen LogP contribution in [0.4, 0.5) is 19.7 Å². The standard InChI is InChI=1S/C20H23FN4O6S/c1-12(15-6-5-7-16(18(15)21)23-32(28,29)22-2)25-11-13-8-9-14(30-19(26)24(3)4)10-17(13)31-20(25)27/h5-10,12,22-23H,11H2,1-4H3/t12-/m1/s1. The van der Waals surface area contributed by atoms with Crippen LogP contribution in [-0.4, -0.2) is 51.5 Å². The molecule has 172 valence electrons. The second-order valence-corrected chi connectivity index (χ2v) is 8.84. The average molecular weight is 466 g/mol. The minimum absolute atomic E-state index is 0.109. The van der Waals surface area contributed by atoms with E-state index in [0.29, 0.717) is 5.56 Å². The normalized spacial score (nSPS) is 14.3. The number of hydrogen-bond donors (Lipinski definition) is 2. The third-order valence-electron chi connectivity index (χ3n) is 4.84. The molecule has 0 saturated heterocycles. The highest BCUT2D eigenvalue weighted by Crippen LogP contribution is 2.35. The molecule has 0 spiro atoms. The zero-order valence-corrected chi connectivity index (χ0v) is 18.7. The van der Waals surface area contributed by atoms with Crippen molar-refractivity contribution < 1.29 is 31.9 Å². The second kappa shape index (κ2) is 9.01. The van der Waals surface area contributed by atoms with Gasteiger partial charge in [0.1, 0.15) is 11.5 Å². The Balaban J connectivity index is 1.84. The van der Waals surface area contributed by atoms with Crippen molar-refractivity contribution in [3.63, 3.8) is 0 Å². The Morgan fingerprint density at radius 1 is 1.28 bits per heavy atom. The number of halogens is 1. The van der Waals surface area contributed by atoms with Crippen LogP contribution in [0.1, 0.15) is 24.1 Å². The van der Waals surface area contributed by atoms with E-state index in [2.05, 4.69) is 4.72 Å². The molecule has 0 radical (unpaired) electrons. The molecule has 2 aromatic carbocycles. The number of carbonyl (C=O) groups excluding carboxylic acids is 2. The molecule has 0 unspecified atom stereocenters. The largest absolute Gasteiger partial charge is 0.416 e. The second-order valence-electron chi connectivity index (χ2n) is 7.22. The zero-order valence-electron chi connectivity index (χ0n) is 17.9. The van der Waals surface area contributed by atoms with E-state index in [9.17, 15) is 18.0 Å². The van der Waals surface area contributed by atoms with Crippen molar-refractivity contribution in [3.8, 4) is 11.5 Å². The van der Waals surface area contributed by atoms with Gasteiger partial charge in [0, 0.05) is 38.3 Å². The van der Waals surface area contributed by atoms with Crippen LogP contribution in [0.2, 0.25) is 0 Å². The first-order chi connectivity index (χ1) is 15.0. The molecule has 10 nitrogen and oxygen atoms in total. The average Bonchev–Trinajstić information content (AvgIpc) is 2.74. The number of fused-ring (bicyclic) bond motifs is 1. The van der Waals surface area contributed by atoms with Crippen LogP contribution >= 0.6 is 0 Å². The number of benzene rings is 2. The predicted octanol–water partition coefficient (Wildman–Crippen LogP) is 2.84. The summed E-state index contributed by atoms with van der Waals surface area (Å²) in [7, 11) is 0.359. The van der Waals surface area contributed by atoms with Crippen molar-refractivity contribution in [1.82, 2.24) is 14.5 Å². The van der Waals surface area contributed by atoms with Crippen LogP contribution in [-0.2, 0) is 16.8 Å². The maximum absolute atomic E-state index is 15.0. The van der Waals surface area contributed by atoms with Crippen LogP contribution in [0.15, 0.2) is 36.4 Å². The number of nitrogens with one attached hydrogen (secondary N) is 2. The van der Waals surface area contributed by atoms with Gasteiger partial charge >= 0.3 is 12.2 Å². The van der Waals surface area contributed by atoms with Crippen molar-refractivity contribution in [2.75, 3.05) is 25.9 Å². The molecule has 2 aromatic rings. The van der Waals surface area contributed by atoms with E-state index in [1.807, 2.05) is 4.72 Å². The van der Waals surface area contributed by atoms with E-state index in [1.54, 1.807) is 19.1 Å². The van der Waals surface area contributed by atoms with E-state index in [4.69, 9.17) is 9.47 Å². The smallest absolute Gasteiger partial charge is 0.410 e. The summed E-state index contributed by atoms with van der Waals surface area (Å²) >= 11 is 0. The summed E-state index contributed by atoms with van der Waals surface area (Å²) < 4.78 is 53.1. The van der Waals surface area contributed by atoms with Crippen molar-refractivity contribution in [1.29, 1.82) is 0 Å². The highest BCUT2D eigenvalue weighted by atomic mass is 32.2. The Labute approximate surface area is 185 Å². The molecule has 2 amide bonds. The monoisotopic (exact) mass is 466 g/mol. The lowest BCUT2D eigenvalue weighted by Gasteiger charge is -2.33. The molecule has 1 heterocycles. The van der Waals surface area contributed by atoms with Gasteiger partial charge in [-0.3, -0.25) is 9.62 Å². The van der Waals surface area contributed by atoms with Crippen LogP contribution in [0.25, 0.3) is 0 Å². The highest BCUT2D eigenvalue weighted by Gasteiger charge is 2.32. The van der Waals surface area contributed by atoms with E-state index in [-0.39, 0.29) is 29.3 Å². The number of hydrogen-bond acceptors (Lipinski definition) is 6. The summed E-state index contributed by atoms with van der Waals surface area (Å²) in [6, 6.07) is 8.11. The van der Waals surface area contributed by atoms with E-state index in [1.165, 1.54) is 55.2 Å². The lowest BCUT2D eigenvalue weighted by Crippen LogP contribution is -2.39. The van der Waals surface area contributed by atoms with Gasteiger partial charge in [-0.05, 0) is 25.1 Å². The molecule has 1 atom stereocenters. The molecule has 2 N–H and O–H groups in total. The number of amides is 2. The number of anilines is 1. The Kier molecular flexibility index (Phi) is 6.55. The van der Waals surface area contributed by atoms with Gasteiger partial charge in [0.2, 0.25) is 0 Å². The van der Waals surface area contributed by atoms with Gasteiger partial charge in [-0.25, -0.2) is 18.7 Å². The van der Waals surface area contributed by atoms with Crippen molar-refractivity contribution in [2.45, 2.75) is 19.5 Å². The Hall–Kier alpha value is -3.38. The lowest BCUT2D eigenvalue weighted by molar-refractivity contribution is 0.118. The molecule has 3 rings (SSSR count). The van der Waals surface area contributed by atoms with E-state index >= 15 is 4.39 Å². The molecule has 0 saturated carbocycles. The van der Waals surface area contributed by atoms with Crippen molar-refractivity contribution >= 4 is 28.1 Å². The fourth-order valence-electron chi connectivity index (χ4n) is 3.03. The quantitative estimate of drug-likeness (QED) is 0.676. The van der Waals surface area contributed by atoms with Gasteiger partial charge in [-0.15, -0.1) is 0 Å². The van der Waals surface area contributed by atoms with Gasteiger partial charge in [0.05, 0.1) is 18.3 Å². The molecule has 0 aliphatic carbocycles. The summed E-state index contributed by atoms with van der Waals surface area (Å²) in [6.07, 6.45) is -1.30. The molecule has 1 aliphatic heterocycles. The number of carbonyl (C=O) groups is 2. The maximum atomic E-state index is 15.0. The highest BCUT2D eigenvalue weighted by molar-refractivity contribution is 7.90. The SMILES string of the molecule is CNS(=O)(=O)Nc1cccc([C@@H](C)N2Cc3ccc(OC(=O)N(C)C)cc3OC2=O)c1F. The van der Waals surface area contributed by atoms with Crippen molar-refractivity contribution in [3.05, 3.63) is 53.3 Å². The third-order valence-corrected chi connectivity index (χ3v) is 5.87. The summed E-state index contributed by atoms with van der Waals surface area (Å²) in [5, 5.41) is 0. The summed E-state index contributed by atoms with van der Waals surface area (Å²) in [6.45, 7) is 1.72. The van der Waals surface area contributed by atoms with Gasteiger partial charge in [0.25, 0.3) is 10.2 Å². The fraction of sp³-hybridized carbons (Fsp3) is 0.300. The summed E-state index contributed by atoms with van der Waals surface area (Å²) in [5.41, 5.74) is 0.494.